The van der Waals surface area contributed by atoms with E-state index in [0.717, 1.165) is 0 Å². The number of hydrogen-bond donors (Lipinski definition) is 2. The van der Waals surface area contributed by atoms with Gasteiger partial charge in [0, 0.05) is 11.8 Å². The van der Waals surface area contributed by atoms with Crippen LogP contribution in [0.15, 0.2) is 23.0 Å². The van der Waals surface area contributed by atoms with Crippen LogP contribution in [-0.4, -0.2) is 27.6 Å². The van der Waals surface area contributed by atoms with Gasteiger partial charge in [-0.25, -0.2) is 4.79 Å². The Morgan fingerprint density at radius 2 is 1.95 bits per heavy atom. The summed E-state index contributed by atoms with van der Waals surface area (Å²) < 4.78 is 1.43. The minimum atomic E-state index is -1.07. The number of carbonyl (C=O) groups excluding carboxylic acids is 1. The second kappa shape index (κ2) is 7.77. The molecule has 0 aliphatic rings. The van der Waals surface area contributed by atoms with Crippen LogP contribution in [0.5, 0.6) is 0 Å². The molecule has 2 atom stereocenters. The van der Waals surface area contributed by atoms with E-state index in [0.29, 0.717) is 18.5 Å². The first kappa shape index (κ1) is 17.9. The van der Waals surface area contributed by atoms with Gasteiger partial charge in [-0.1, -0.05) is 33.3 Å². The molecule has 0 aliphatic heterocycles. The summed E-state index contributed by atoms with van der Waals surface area (Å²) in [5, 5.41) is 11.8. The molecule has 0 radical (unpaired) electrons. The van der Waals surface area contributed by atoms with Crippen molar-refractivity contribution in [3.8, 4) is 0 Å². The molecule has 0 fully saturated rings. The molecule has 0 saturated carbocycles. The maximum Gasteiger partial charge on any atom is 0.326 e. The van der Waals surface area contributed by atoms with Crippen molar-refractivity contribution < 1.29 is 14.7 Å². The zero-order valence-electron chi connectivity index (χ0n) is 13.5. The molecule has 6 heteroatoms. The minimum Gasteiger partial charge on any atom is -0.480 e. The van der Waals surface area contributed by atoms with Crippen molar-refractivity contribution in [2.24, 2.45) is 5.92 Å². The highest BCUT2D eigenvalue weighted by Gasteiger charge is 2.28. The molecule has 22 heavy (non-hydrogen) atoms. The molecule has 0 aliphatic carbocycles. The van der Waals surface area contributed by atoms with Gasteiger partial charge in [-0.15, -0.1) is 0 Å². The van der Waals surface area contributed by atoms with E-state index in [9.17, 15) is 19.5 Å². The number of pyridine rings is 1. The van der Waals surface area contributed by atoms with Crippen LogP contribution < -0.4 is 10.9 Å². The molecule has 1 rings (SSSR count). The van der Waals surface area contributed by atoms with Crippen LogP contribution >= 0.6 is 0 Å². The van der Waals surface area contributed by atoms with E-state index in [-0.39, 0.29) is 11.5 Å². The highest BCUT2D eigenvalue weighted by molar-refractivity contribution is 5.86. The largest absolute Gasteiger partial charge is 0.480 e. The lowest BCUT2D eigenvalue weighted by atomic mass is 10.0. The molecule has 0 spiro atoms. The topological polar surface area (TPSA) is 88.4 Å². The maximum atomic E-state index is 12.5. The highest BCUT2D eigenvalue weighted by Crippen LogP contribution is 2.15. The third-order valence-electron chi connectivity index (χ3n) is 3.60. The second-order valence-electron chi connectivity index (χ2n) is 5.75. The number of amides is 1. The summed E-state index contributed by atoms with van der Waals surface area (Å²) in [6.07, 6.45) is 1.18. The van der Waals surface area contributed by atoms with Gasteiger partial charge in [-0.2, -0.15) is 0 Å². The van der Waals surface area contributed by atoms with Crippen molar-refractivity contribution >= 4 is 11.9 Å². The number of rotatable bonds is 7. The molecule has 1 amide bonds. The summed E-state index contributed by atoms with van der Waals surface area (Å²) in [6, 6.07) is 3.14. The van der Waals surface area contributed by atoms with Gasteiger partial charge in [0.1, 0.15) is 12.1 Å². The van der Waals surface area contributed by atoms with Crippen LogP contribution in [-0.2, 0) is 9.59 Å². The van der Waals surface area contributed by atoms with Crippen LogP contribution in [0, 0.1) is 12.8 Å². The zero-order chi connectivity index (χ0) is 16.9. The third kappa shape index (κ3) is 4.19. The van der Waals surface area contributed by atoms with Crippen LogP contribution in [0.3, 0.4) is 0 Å². The second-order valence-corrected chi connectivity index (χ2v) is 5.75. The minimum absolute atomic E-state index is 0.239. The molecule has 0 saturated heterocycles. The van der Waals surface area contributed by atoms with Gasteiger partial charge in [-0.3, -0.25) is 9.59 Å². The Morgan fingerprint density at radius 3 is 2.41 bits per heavy atom. The number of nitrogens with one attached hydrogen (secondary N) is 1. The summed E-state index contributed by atoms with van der Waals surface area (Å²) in [4.78, 5) is 35.8. The summed E-state index contributed by atoms with van der Waals surface area (Å²) >= 11 is 0. The molecule has 1 aromatic rings. The summed E-state index contributed by atoms with van der Waals surface area (Å²) in [7, 11) is 0. The Kier molecular flexibility index (Phi) is 6.34. The van der Waals surface area contributed by atoms with Crippen molar-refractivity contribution in [2.45, 2.75) is 52.6 Å². The van der Waals surface area contributed by atoms with Gasteiger partial charge in [0.2, 0.25) is 5.91 Å². The first-order chi connectivity index (χ1) is 10.3. The van der Waals surface area contributed by atoms with E-state index < -0.39 is 24.0 Å². The Balaban J connectivity index is 3.13. The SMILES string of the molecule is CCCC(C(=O)NC(C(=O)O)C(C)C)n1c(C)cccc1=O. The van der Waals surface area contributed by atoms with Crippen molar-refractivity contribution in [3.63, 3.8) is 0 Å². The van der Waals surface area contributed by atoms with E-state index >= 15 is 0 Å². The lowest BCUT2D eigenvalue weighted by Crippen LogP contribution is -2.48. The molecule has 2 unspecified atom stereocenters. The number of aromatic nitrogens is 1. The van der Waals surface area contributed by atoms with Crippen molar-refractivity contribution in [3.05, 3.63) is 34.2 Å². The van der Waals surface area contributed by atoms with Crippen LogP contribution in [0.4, 0.5) is 0 Å². The van der Waals surface area contributed by atoms with E-state index in [1.165, 1.54) is 10.6 Å². The lowest BCUT2D eigenvalue weighted by Gasteiger charge is -2.24. The Bertz CT molecular complexity index is 592. The average Bonchev–Trinajstić information content (AvgIpc) is 2.42. The first-order valence-electron chi connectivity index (χ1n) is 7.50. The number of carbonyl (C=O) groups is 2. The van der Waals surface area contributed by atoms with Gasteiger partial charge in [0.25, 0.3) is 5.56 Å². The van der Waals surface area contributed by atoms with Gasteiger partial charge in [-0.05, 0) is 25.3 Å². The molecular formula is C16H24N2O4. The Labute approximate surface area is 130 Å². The predicted molar refractivity (Wildman–Crippen MR) is 83.8 cm³/mol. The average molecular weight is 308 g/mol. The quantitative estimate of drug-likeness (QED) is 0.803. The van der Waals surface area contributed by atoms with Crippen LogP contribution in [0.1, 0.15) is 45.3 Å². The standard InChI is InChI=1S/C16H24N2O4/c1-5-7-12(18-11(4)8-6-9-13(18)19)15(20)17-14(10(2)3)16(21)22/h6,8-10,12,14H,5,7H2,1-4H3,(H,17,20)(H,21,22). The fraction of sp³-hybridized carbons (Fsp3) is 0.562. The maximum absolute atomic E-state index is 12.5. The van der Waals surface area contributed by atoms with E-state index in [4.69, 9.17) is 0 Å². The summed E-state index contributed by atoms with van der Waals surface area (Å²) in [5.41, 5.74) is 0.419. The van der Waals surface area contributed by atoms with E-state index in [1.807, 2.05) is 6.92 Å². The highest BCUT2D eigenvalue weighted by atomic mass is 16.4. The van der Waals surface area contributed by atoms with Crippen molar-refractivity contribution in [2.75, 3.05) is 0 Å². The Hall–Kier alpha value is -2.11. The number of carboxylic acids is 1. The van der Waals surface area contributed by atoms with Gasteiger partial charge >= 0.3 is 5.97 Å². The fourth-order valence-electron chi connectivity index (χ4n) is 2.42. The normalized spacial score (nSPS) is 13.7. The molecular weight excluding hydrogens is 284 g/mol. The number of aryl methyl sites for hydroxylation is 1. The molecule has 2 N–H and O–H groups in total. The van der Waals surface area contributed by atoms with Gasteiger partial charge < -0.3 is 15.0 Å². The molecule has 0 aromatic carbocycles. The molecule has 6 nitrogen and oxygen atoms in total. The first-order valence-corrected chi connectivity index (χ1v) is 7.50. The monoisotopic (exact) mass is 308 g/mol. The van der Waals surface area contributed by atoms with E-state index in [1.54, 1.807) is 32.9 Å². The third-order valence-corrected chi connectivity index (χ3v) is 3.60. The number of aliphatic carboxylic acids is 1. The molecule has 1 heterocycles. The zero-order valence-corrected chi connectivity index (χ0v) is 13.5. The summed E-state index contributed by atoms with van der Waals surface area (Å²) in [5.74, 6) is -1.74. The smallest absolute Gasteiger partial charge is 0.326 e. The Morgan fingerprint density at radius 1 is 1.32 bits per heavy atom. The molecule has 122 valence electrons. The lowest BCUT2D eigenvalue weighted by molar-refractivity contribution is -0.143. The van der Waals surface area contributed by atoms with Crippen molar-refractivity contribution in [1.82, 2.24) is 9.88 Å². The summed E-state index contributed by atoms with van der Waals surface area (Å²) in [6.45, 7) is 7.14. The van der Waals surface area contributed by atoms with Gasteiger partial charge in [0.15, 0.2) is 0 Å². The van der Waals surface area contributed by atoms with Crippen LogP contribution in [0.25, 0.3) is 0 Å². The molecule has 1 aromatic heterocycles. The number of hydrogen-bond acceptors (Lipinski definition) is 3. The number of carboxylic acid groups (broad SMARTS) is 1. The fourth-order valence-corrected chi connectivity index (χ4v) is 2.42. The molecule has 0 bridgehead atoms. The predicted octanol–water partition coefficient (Wildman–Crippen LogP) is 1.72. The van der Waals surface area contributed by atoms with Gasteiger partial charge in [0.05, 0.1) is 0 Å². The van der Waals surface area contributed by atoms with Crippen LogP contribution in [0.2, 0.25) is 0 Å². The number of nitrogens with zero attached hydrogens (tertiary/aromatic N) is 1. The van der Waals surface area contributed by atoms with Crippen molar-refractivity contribution in [1.29, 1.82) is 0 Å². The van der Waals surface area contributed by atoms with E-state index in [2.05, 4.69) is 5.32 Å².